The monoisotopic (exact) mass is 495 g/mol. The number of nitrogen functional groups attached to an aromatic ring is 1. The van der Waals surface area contributed by atoms with Gasteiger partial charge in [-0.15, -0.1) is 0 Å². The van der Waals surface area contributed by atoms with Gasteiger partial charge in [-0.2, -0.15) is 0 Å². The molecular weight excluding hydrogens is 466 g/mol. The predicted octanol–water partition coefficient (Wildman–Crippen LogP) is 1.39. The second-order valence-electron chi connectivity index (χ2n) is 8.14. The van der Waals surface area contributed by atoms with Gasteiger partial charge in [0.05, 0.1) is 24.0 Å². The number of H-pyrrole nitrogens is 1. The molecule has 2 amide bonds. The Hall–Kier alpha value is -4.48. The van der Waals surface area contributed by atoms with Gasteiger partial charge in [0, 0.05) is 30.3 Å². The molecule has 0 bridgehead atoms. The second-order valence-corrected chi connectivity index (χ2v) is 8.14. The van der Waals surface area contributed by atoms with Gasteiger partial charge in [0.15, 0.2) is 5.52 Å². The standard InChI is InChI=1S/C24H29N7O5/c1-2-20(32)26-10-4-3-5-17(24(35)36)30-22(33)14-6-8-15(9-7-14)27-12-16-13-28-18-11-19(25)31-23(34)21(18)29-16/h6-9,11,13,17,27H,2-5,10,12H2,1H3,(H,26,32)(H,30,33)(H,35,36)(H3,25,31,34)/t17-/m0/s1. The van der Waals surface area contributed by atoms with Gasteiger partial charge >= 0.3 is 5.97 Å². The molecule has 0 spiro atoms. The van der Waals surface area contributed by atoms with Crippen molar-refractivity contribution in [2.75, 3.05) is 17.6 Å². The van der Waals surface area contributed by atoms with E-state index < -0.39 is 23.5 Å². The van der Waals surface area contributed by atoms with Crippen molar-refractivity contribution in [2.45, 2.75) is 45.2 Å². The molecule has 0 aliphatic rings. The fourth-order valence-electron chi connectivity index (χ4n) is 3.42. The minimum Gasteiger partial charge on any atom is -0.480 e. The van der Waals surface area contributed by atoms with Crippen LogP contribution in [0.2, 0.25) is 0 Å². The number of unbranched alkanes of at least 4 members (excludes halogenated alkanes) is 1. The van der Waals surface area contributed by atoms with Crippen LogP contribution in [0, 0.1) is 0 Å². The average molecular weight is 496 g/mol. The number of nitrogens with one attached hydrogen (secondary N) is 4. The van der Waals surface area contributed by atoms with E-state index in [1.807, 2.05) is 0 Å². The molecule has 0 aliphatic carbocycles. The zero-order valence-electron chi connectivity index (χ0n) is 19.8. The van der Waals surface area contributed by atoms with Gasteiger partial charge in [0.2, 0.25) is 5.91 Å². The molecule has 12 heteroatoms. The van der Waals surface area contributed by atoms with Crippen molar-refractivity contribution < 1.29 is 19.5 Å². The topological polar surface area (TPSA) is 192 Å². The molecule has 0 fully saturated rings. The molecule has 0 saturated carbocycles. The normalized spacial score (nSPS) is 11.6. The molecule has 0 unspecified atom stereocenters. The number of nitrogens with zero attached hydrogens (tertiary/aromatic N) is 2. The number of pyridine rings is 1. The molecule has 7 N–H and O–H groups in total. The Balaban J connectivity index is 1.52. The molecule has 0 aliphatic heterocycles. The lowest BCUT2D eigenvalue weighted by Crippen LogP contribution is -2.40. The maximum atomic E-state index is 12.5. The molecule has 3 aromatic rings. The highest BCUT2D eigenvalue weighted by Gasteiger charge is 2.20. The van der Waals surface area contributed by atoms with Crippen LogP contribution in [0.1, 0.15) is 48.7 Å². The van der Waals surface area contributed by atoms with Gasteiger partial charge in [0.1, 0.15) is 11.9 Å². The number of nitrogens with two attached hydrogens (primary N) is 1. The fourth-order valence-corrected chi connectivity index (χ4v) is 3.42. The lowest BCUT2D eigenvalue weighted by molar-refractivity contribution is -0.139. The molecule has 3 rings (SSSR count). The van der Waals surface area contributed by atoms with Gasteiger partial charge < -0.3 is 31.8 Å². The van der Waals surface area contributed by atoms with Crippen LogP contribution in [0.25, 0.3) is 11.0 Å². The molecule has 2 aromatic heterocycles. The molecular formula is C24H29N7O5. The zero-order chi connectivity index (χ0) is 26.1. The van der Waals surface area contributed by atoms with Crippen molar-refractivity contribution in [3.05, 3.63) is 58.1 Å². The zero-order valence-corrected chi connectivity index (χ0v) is 19.8. The van der Waals surface area contributed by atoms with Crippen LogP contribution in [0.15, 0.2) is 41.3 Å². The smallest absolute Gasteiger partial charge is 0.326 e. The van der Waals surface area contributed by atoms with Crippen LogP contribution in [0.4, 0.5) is 11.5 Å². The molecule has 1 aromatic carbocycles. The summed E-state index contributed by atoms with van der Waals surface area (Å²) >= 11 is 0. The molecule has 190 valence electrons. The molecule has 1 atom stereocenters. The van der Waals surface area contributed by atoms with Crippen LogP contribution in [0.5, 0.6) is 0 Å². The number of carboxylic acid groups (broad SMARTS) is 1. The Bertz CT molecular complexity index is 1290. The Labute approximate surface area is 206 Å². The van der Waals surface area contributed by atoms with E-state index in [1.165, 1.54) is 6.07 Å². The first-order valence-corrected chi connectivity index (χ1v) is 11.6. The van der Waals surface area contributed by atoms with E-state index in [1.54, 1.807) is 37.4 Å². The SMILES string of the molecule is CCC(=O)NCCCC[C@H](NC(=O)c1ccc(NCc2cnc3cc(N)[nH]c(=O)c3n2)cc1)C(=O)O. The third-order valence-electron chi connectivity index (χ3n) is 5.40. The maximum Gasteiger partial charge on any atom is 0.326 e. The Kier molecular flexibility index (Phi) is 8.92. The van der Waals surface area contributed by atoms with E-state index in [-0.39, 0.29) is 30.2 Å². The van der Waals surface area contributed by atoms with Crippen molar-refractivity contribution in [3.63, 3.8) is 0 Å². The van der Waals surface area contributed by atoms with Crippen molar-refractivity contribution >= 4 is 40.3 Å². The lowest BCUT2D eigenvalue weighted by Gasteiger charge is -2.15. The third-order valence-corrected chi connectivity index (χ3v) is 5.40. The van der Waals surface area contributed by atoms with Crippen LogP contribution >= 0.6 is 0 Å². The summed E-state index contributed by atoms with van der Waals surface area (Å²) in [6.07, 6.45) is 3.36. The predicted molar refractivity (Wildman–Crippen MR) is 134 cm³/mol. The number of rotatable bonds is 12. The largest absolute Gasteiger partial charge is 0.480 e. The number of amides is 2. The first kappa shape index (κ1) is 26.1. The van der Waals surface area contributed by atoms with Crippen molar-refractivity contribution in [1.29, 1.82) is 0 Å². The first-order valence-electron chi connectivity index (χ1n) is 11.6. The van der Waals surface area contributed by atoms with E-state index in [2.05, 4.69) is 30.9 Å². The minimum atomic E-state index is -1.11. The number of hydrogen-bond acceptors (Lipinski definition) is 8. The highest BCUT2D eigenvalue weighted by molar-refractivity contribution is 5.96. The number of aromatic amines is 1. The van der Waals surface area contributed by atoms with Crippen molar-refractivity contribution in [3.8, 4) is 0 Å². The second kappa shape index (κ2) is 12.3. The Morgan fingerprint density at radius 1 is 1.17 bits per heavy atom. The molecule has 12 nitrogen and oxygen atoms in total. The quantitative estimate of drug-likeness (QED) is 0.201. The van der Waals surface area contributed by atoms with Crippen molar-refractivity contribution in [2.24, 2.45) is 0 Å². The number of benzene rings is 1. The molecule has 0 radical (unpaired) electrons. The number of aromatic nitrogens is 3. The minimum absolute atomic E-state index is 0.0536. The van der Waals surface area contributed by atoms with Crippen LogP contribution < -0.4 is 27.2 Å². The Morgan fingerprint density at radius 2 is 1.92 bits per heavy atom. The summed E-state index contributed by atoms with van der Waals surface area (Å²) in [5, 5.41) is 17.9. The van der Waals surface area contributed by atoms with Gasteiger partial charge in [-0.3, -0.25) is 19.4 Å². The summed E-state index contributed by atoms with van der Waals surface area (Å²) < 4.78 is 0. The summed E-state index contributed by atoms with van der Waals surface area (Å²) in [6, 6.07) is 7.04. The molecule has 2 heterocycles. The van der Waals surface area contributed by atoms with E-state index in [0.29, 0.717) is 48.3 Å². The van der Waals surface area contributed by atoms with E-state index >= 15 is 0 Å². The van der Waals surface area contributed by atoms with Crippen LogP contribution in [-0.2, 0) is 16.1 Å². The lowest BCUT2D eigenvalue weighted by atomic mass is 10.1. The number of hydrogen-bond donors (Lipinski definition) is 6. The van der Waals surface area contributed by atoms with Gasteiger partial charge in [-0.25, -0.2) is 9.78 Å². The summed E-state index contributed by atoms with van der Waals surface area (Å²) in [5.74, 6) is -1.45. The van der Waals surface area contributed by atoms with Crippen LogP contribution in [0.3, 0.4) is 0 Å². The number of carbonyl (C=O) groups is 3. The van der Waals surface area contributed by atoms with E-state index in [4.69, 9.17) is 5.73 Å². The summed E-state index contributed by atoms with van der Waals surface area (Å²) in [7, 11) is 0. The number of fused-ring (bicyclic) bond motifs is 1. The number of carboxylic acids is 1. The van der Waals surface area contributed by atoms with Gasteiger partial charge in [0.25, 0.3) is 11.5 Å². The fraction of sp³-hybridized carbons (Fsp3) is 0.333. The van der Waals surface area contributed by atoms with Crippen LogP contribution in [-0.4, -0.2) is 50.4 Å². The first-order chi connectivity index (χ1) is 17.3. The van der Waals surface area contributed by atoms with E-state index in [0.717, 1.165) is 0 Å². The summed E-state index contributed by atoms with van der Waals surface area (Å²) in [5.41, 5.74) is 7.34. The van der Waals surface area contributed by atoms with Gasteiger partial charge in [-0.05, 0) is 43.5 Å². The number of carbonyl (C=O) groups excluding carboxylic acids is 2. The highest BCUT2D eigenvalue weighted by atomic mass is 16.4. The molecule has 36 heavy (non-hydrogen) atoms. The van der Waals surface area contributed by atoms with E-state index in [9.17, 15) is 24.3 Å². The van der Waals surface area contributed by atoms with Crippen molar-refractivity contribution in [1.82, 2.24) is 25.6 Å². The maximum absolute atomic E-state index is 12.5. The third kappa shape index (κ3) is 7.26. The average Bonchev–Trinajstić information content (AvgIpc) is 2.86. The Morgan fingerprint density at radius 3 is 2.61 bits per heavy atom. The van der Waals surface area contributed by atoms with Gasteiger partial charge in [-0.1, -0.05) is 6.92 Å². The summed E-state index contributed by atoms with van der Waals surface area (Å²) in [4.78, 5) is 58.3. The number of aliphatic carboxylic acids is 1. The highest BCUT2D eigenvalue weighted by Crippen LogP contribution is 2.13. The molecule has 0 saturated heterocycles. The summed E-state index contributed by atoms with van der Waals surface area (Å²) in [6.45, 7) is 2.52. The number of anilines is 2.